The van der Waals surface area contributed by atoms with Crippen molar-refractivity contribution in [2.24, 2.45) is 5.92 Å². The van der Waals surface area contributed by atoms with Crippen LogP contribution in [-0.2, 0) is 14.8 Å². The first-order valence-corrected chi connectivity index (χ1v) is 9.81. The van der Waals surface area contributed by atoms with E-state index in [1.807, 2.05) is 30.3 Å². The molecule has 0 spiro atoms. The molecule has 1 saturated carbocycles. The Morgan fingerprint density at radius 3 is 2.40 bits per heavy atom. The number of hydrazine groups is 2. The van der Waals surface area contributed by atoms with E-state index in [1.54, 1.807) is 14.1 Å². The molecule has 1 aliphatic carbocycles. The van der Waals surface area contributed by atoms with Crippen molar-refractivity contribution in [2.45, 2.75) is 12.8 Å². The van der Waals surface area contributed by atoms with Crippen LogP contribution in [0.15, 0.2) is 36.9 Å². The summed E-state index contributed by atoms with van der Waals surface area (Å²) in [5, 5.41) is 2.69. The molecule has 9 heteroatoms. The van der Waals surface area contributed by atoms with Crippen molar-refractivity contribution >= 4 is 38.8 Å². The van der Waals surface area contributed by atoms with E-state index in [0.29, 0.717) is 10.7 Å². The molecule has 2 rings (SSSR count). The lowest BCUT2D eigenvalue weighted by Crippen LogP contribution is -2.48. The molecule has 1 aromatic carbocycles. The third-order valence-corrected chi connectivity index (χ3v) is 5.46. The van der Waals surface area contributed by atoms with Gasteiger partial charge in [-0.3, -0.25) is 20.2 Å². The maximum Gasteiger partial charge on any atom is 0.255 e. The van der Waals surface area contributed by atoms with E-state index in [-0.39, 0.29) is 5.92 Å². The van der Waals surface area contributed by atoms with Crippen LogP contribution < -0.4 is 10.3 Å². The number of benzene rings is 1. The Morgan fingerprint density at radius 1 is 1.24 bits per heavy atom. The second kappa shape index (κ2) is 7.94. The summed E-state index contributed by atoms with van der Waals surface area (Å²) in [7, 11) is -0.707. The van der Waals surface area contributed by atoms with E-state index in [2.05, 4.69) is 16.8 Å². The van der Waals surface area contributed by atoms with Crippen molar-refractivity contribution in [3.05, 3.63) is 42.5 Å². The van der Waals surface area contributed by atoms with Gasteiger partial charge in [-0.2, -0.15) is 0 Å². The minimum Gasteiger partial charge on any atom is -0.291 e. The minimum absolute atomic E-state index is 0.247. The lowest BCUT2D eigenvalue weighted by atomic mass is 10.2. The monoisotopic (exact) mass is 382 g/mol. The van der Waals surface area contributed by atoms with E-state index in [4.69, 9.17) is 12.2 Å². The molecule has 25 heavy (non-hydrogen) atoms. The Hall–Kier alpha value is -1.97. The molecule has 0 aliphatic heterocycles. The number of hydrogen-bond donors (Lipinski definition) is 2. The predicted molar refractivity (Wildman–Crippen MR) is 101 cm³/mol. The summed E-state index contributed by atoms with van der Waals surface area (Å²) in [5.41, 5.74) is 3.86. The van der Waals surface area contributed by atoms with Gasteiger partial charge < -0.3 is 0 Å². The summed E-state index contributed by atoms with van der Waals surface area (Å²) in [6.45, 7) is 3.89. The smallest absolute Gasteiger partial charge is 0.255 e. The van der Waals surface area contributed by atoms with Crippen molar-refractivity contribution in [1.29, 1.82) is 0 Å². The highest BCUT2D eigenvalue weighted by Crippen LogP contribution is 2.31. The molecule has 2 N–H and O–H groups in total. The van der Waals surface area contributed by atoms with Crippen molar-refractivity contribution in [2.75, 3.05) is 19.8 Å². The minimum atomic E-state index is -3.85. The molecule has 0 unspecified atom stereocenters. The highest BCUT2D eigenvalue weighted by molar-refractivity contribution is 7.90. The van der Waals surface area contributed by atoms with Crippen LogP contribution in [0.1, 0.15) is 18.4 Å². The number of nitrogens with zero attached hydrogens (tertiary/aromatic N) is 2. The number of hydrogen-bond acceptors (Lipinski definition) is 5. The van der Waals surface area contributed by atoms with Gasteiger partial charge in [0.2, 0.25) is 10.0 Å². The highest BCUT2D eigenvalue weighted by atomic mass is 32.2. The van der Waals surface area contributed by atoms with Crippen molar-refractivity contribution in [3.63, 3.8) is 0 Å². The van der Waals surface area contributed by atoms with E-state index >= 15 is 0 Å². The Morgan fingerprint density at radius 2 is 1.84 bits per heavy atom. The molecule has 0 radical (unpaired) electrons. The Labute approximate surface area is 153 Å². The molecular weight excluding hydrogens is 360 g/mol. The second-order valence-corrected chi connectivity index (χ2v) is 8.05. The van der Waals surface area contributed by atoms with Crippen LogP contribution in [0, 0.1) is 5.92 Å². The van der Waals surface area contributed by atoms with Crippen LogP contribution in [0.3, 0.4) is 0 Å². The summed E-state index contributed by atoms with van der Waals surface area (Å²) in [5.74, 6) is -1.13. The van der Waals surface area contributed by atoms with Crippen LogP contribution in [-0.4, -0.2) is 49.2 Å². The normalized spacial score (nSPS) is 13.8. The summed E-state index contributed by atoms with van der Waals surface area (Å²) in [6.07, 6.45) is 1.94. The fraction of sp³-hybridized carbons (Fsp3) is 0.375. The lowest BCUT2D eigenvalue weighted by Gasteiger charge is -2.24. The first-order valence-electron chi connectivity index (χ1n) is 7.75. The molecule has 0 aromatic heterocycles. The fourth-order valence-electron chi connectivity index (χ4n) is 2.17. The summed E-state index contributed by atoms with van der Waals surface area (Å²) in [6, 6.07) is 9.26. The van der Waals surface area contributed by atoms with Crippen LogP contribution in [0.25, 0.3) is 5.70 Å². The SMILES string of the molecule is C=C(c1ccccc1)N(C)NC(=O)CS(=O)(=O)NN(C)C(=S)C1CC1. The van der Waals surface area contributed by atoms with Crippen LogP contribution >= 0.6 is 12.2 Å². The van der Waals surface area contributed by atoms with Gasteiger partial charge in [-0.1, -0.05) is 49.1 Å². The Bertz CT molecular complexity index is 761. The topological polar surface area (TPSA) is 81.8 Å². The van der Waals surface area contributed by atoms with Gasteiger partial charge in [0.15, 0.2) is 0 Å². The summed E-state index contributed by atoms with van der Waals surface area (Å²) >= 11 is 5.18. The number of sulfonamides is 1. The molecule has 0 saturated heterocycles. The van der Waals surface area contributed by atoms with Gasteiger partial charge in [0.1, 0.15) is 5.75 Å². The number of nitrogens with one attached hydrogen (secondary N) is 2. The van der Waals surface area contributed by atoms with E-state index < -0.39 is 21.7 Å². The zero-order valence-electron chi connectivity index (χ0n) is 14.2. The largest absolute Gasteiger partial charge is 0.291 e. The number of rotatable bonds is 8. The zero-order valence-corrected chi connectivity index (χ0v) is 15.9. The lowest BCUT2D eigenvalue weighted by molar-refractivity contribution is -0.121. The molecule has 0 bridgehead atoms. The standard InChI is InChI=1S/C16H22N4O3S2/c1-12(13-7-5-4-6-8-13)19(2)17-15(21)11-25(22,23)18-20(3)16(24)14-9-10-14/h4-8,14,18H,1,9-11H2,2-3H3,(H,17,21). The van der Waals surface area contributed by atoms with Gasteiger partial charge in [0, 0.05) is 20.0 Å². The van der Waals surface area contributed by atoms with Crippen molar-refractivity contribution < 1.29 is 13.2 Å². The maximum atomic E-state index is 12.1. The van der Waals surface area contributed by atoms with E-state index in [0.717, 1.165) is 18.4 Å². The van der Waals surface area contributed by atoms with E-state index in [9.17, 15) is 13.2 Å². The zero-order chi connectivity index (χ0) is 18.6. The molecule has 1 amide bonds. The van der Waals surface area contributed by atoms with Crippen molar-refractivity contribution in [1.82, 2.24) is 20.3 Å². The molecule has 7 nitrogen and oxygen atoms in total. The van der Waals surface area contributed by atoms with Gasteiger partial charge in [0.25, 0.3) is 5.91 Å². The molecule has 1 aromatic rings. The molecule has 136 valence electrons. The van der Waals surface area contributed by atoms with Crippen LogP contribution in [0.2, 0.25) is 0 Å². The van der Waals surface area contributed by atoms with E-state index in [1.165, 1.54) is 10.0 Å². The van der Waals surface area contributed by atoms with Gasteiger partial charge in [-0.05, 0) is 18.4 Å². The molecule has 0 heterocycles. The number of carbonyl (C=O) groups excluding carboxylic acids is 1. The van der Waals surface area contributed by atoms with Gasteiger partial charge in [-0.15, -0.1) is 4.83 Å². The molecule has 1 fully saturated rings. The van der Waals surface area contributed by atoms with Crippen LogP contribution in [0.4, 0.5) is 0 Å². The van der Waals surface area contributed by atoms with Gasteiger partial charge in [0.05, 0.1) is 10.7 Å². The third-order valence-electron chi connectivity index (χ3n) is 3.66. The first kappa shape index (κ1) is 19.4. The fourth-order valence-corrected chi connectivity index (χ4v) is 3.50. The highest BCUT2D eigenvalue weighted by Gasteiger charge is 2.30. The number of thiocarbonyl (C=S) groups is 1. The first-order chi connectivity index (χ1) is 11.7. The van der Waals surface area contributed by atoms with Gasteiger partial charge in [-0.25, -0.2) is 8.42 Å². The molecular formula is C16H22N4O3S2. The quantitative estimate of drug-likeness (QED) is 0.518. The maximum absolute atomic E-state index is 12.1. The molecule has 0 atom stereocenters. The number of carbonyl (C=O) groups is 1. The molecule has 1 aliphatic rings. The average molecular weight is 383 g/mol. The predicted octanol–water partition coefficient (Wildman–Crippen LogP) is 1.12. The van der Waals surface area contributed by atoms with Gasteiger partial charge >= 0.3 is 0 Å². The summed E-state index contributed by atoms with van der Waals surface area (Å²) < 4.78 is 24.2. The Balaban J connectivity index is 1.87. The van der Waals surface area contributed by atoms with Crippen molar-refractivity contribution in [3.8, 4) is 0 Å². The van der Waals surface area contributed by atoms with Crippen LogP contribution in [0.5, 0.6) is 0 Å². The summed E-state index contributed by atoms with van der Waals surface area (Å²) in [4.78, 5) is 14.9. The average Bonchev–Trinajstić information content (AvgIpc) is 3.37. The third kappa shape index (κ3) is 5.80. The number of amides is 1. The Kier molecular flexibility index (Phi) is 6.15. The second-order valence-electron chi connectivity index (χ2n) is 5.93.